The van der Waals surface area contributed by atoms with Crippen molar-refractivity contribution in [3.05, 3.63) is 65.2 Å². The summed E-state index contributed by atoms with van der Waals surface area (Å²) in [7, 11) is 1.63. The molecule has 0 spiro atoms. The van der Waals surface area contributed by atoms with Crippen LogP contribution in [0.5, 0.6) is 5.75 Å². The van der Waals surface area contributed by atoms with Crippen molar-refractivity contribution in [2.24, 2.45) is 0 Å². The zero-order valence-electron chi connectivity index (χ0n) is 14.4. The van der Waals surface area contributed by atoms with Crippen molar-refractivity contribution in [2.45, 2.75) is 13.5 Å². The molecule has 0 unspecified atom stereocenters. The maximum atomic E-state index is 12.6. The van der Waals surface area contributed by atoms with Crippen LogP contribution < -0.4 is 4.74 Å². The summed E-state index contributed by atoms with van der Waals surface area (Å²) >= 11 is 0. The van der Waals surface area contributed by atoms with Gasteiger partial charge in [0.15, 0.2) is 0 Å². The van der Waals surface area contributed by atoms with E-state index in [9.17, 15) is 4.79 Å². The normalized spacial score (nSPS) is 15.3. The summed E-state index contributed by atoms with van der Waals surface area (Å²) in [6.45, 7) is 6.44. The predicted molar refractivity (Wildman–Crippen MR) is 95.4 cm³/mol. The van der Waals surface area contributed by atoms with Crippen LogP contribution in [0.1, 0.15) is 21.5 Å². The van der Waals surface area contributed by atoms with Crippen LogP contribution in [0.2, 0.25) is 0 Å². The molecule has 126 valence electrons. The molecule has 0 N–H and O–H groups in total. The van der Waals surface area contributed by atoms with Crippen LogP contribution in [0.4, 0.5) is 0 Å². The van der Waals surface area contributed by atoms with Crippen LogP contribution in [0.25, 0.3) is 0 Å². The molecule has 0 aromatic heterocycles. The highest BCUT2D eigenvalue weighted by molar-refractivity contribution is 5.94. The molecule has 24 heavy (non-hydrogen) atoms. The zero-order valence-corrected chi connectivity index (χ0v) is 14.4. The lowest BCUT2D eigenvalue weighted by atomic mass is 10.1. The molecule has 4 nitrogen and oxygen atoms in total. The summed E-state index contributed by atoms with van der Waals surface area (Å²) in [4.78, 5) is 16.9. The van der Waals surface area contributed by atoms with E-state index in [1.165, 1.54) is 11.1 Å². The number of hydrogen-bond donors (Lipinski definition) is 0. The summed E-state index contributed by atoms with van der Waals surface area (Å²) in [5.41, 5.74) is 3.36. The molecule has 4 heteroatoms. The van der Waals surface area contributed by atoms with Crippen LogP contribution in [-0.4, -0.2) is 49.0 Å². The number of benzene rings is 2. The maximum Gasteiger partial charge on any atom is 0.253 e. The number of nitrogens with zero attached hydrogens (tertiary/aromatic N) is 2. The minimum absolute atomic E-state index is 0.104. The molecule has 1 amide bonds. The molecule has 2 aromatic rings. The van der Waals surface area contributed by atoms with Gasteiger partial charge >= 0.3 is 0 Å². The fourth-order valence-corrected chi connectivity index (χ4v) is 3.09. The fourth-order valence-electron chi connectivity index (χ4n) is 3.09. The zero-order chi connectivity index (χ0) is 16.9. The molecule has 1 aliphatic heterocycles. The predicted octanol–water partition coefficient (Wildman–Crippen LogP) is 2.96. The Labute approximate surface area is 143 Å². The topological polar surface area (TPSA) is 32.8 Å². The standard InChI is InChI=1S/C20H24N2O2/c1-16-4-3-5-17(14-16)15-21-10-12-22(13-11-21)20(23)18-6-8-19(24-2)9-7-18/h3-9,14H,10-13,15H2,1-2H3. The van der Waals surface area contributed by atoms with Crippen LogP contribution in [-0.2, 0) is 6.54 Å². The van der Waals surface area contributed by atoms with E-state index in [1.54, 1.807) is 7.11 Å². The third kappa shape index (κ3) is 3.95. The van der Waals surface area contributed by atoms with Gasteiger partial charge in [-0.25, -0.2) is 0 Å². The Morgan fingerprint density at radius 3 is 2.38 bits per heavy atom. The summed E-state index contributed by atoms with van der Waals surface area (Å²) < 4.78 is 5.14. The van der Waals surface area contributed by atoms with Crippen molar-refractivity contribution in [2.75, 3.05) is 33.3 Å². The first-order valence-electron chi connectivity index (χ1n) is 8.37. The second kappa shape index (κ2) is 7.49. The molecule has 1 saturated heterocycles. The maximum absolute atomic E-state index is 12.6. The molecule has 1 heterocycles. The van der Waals surface area contributed by atoms with Crippen molar-refractivity contribution in [3.8, 4) is 5.75 Å². The quantitative estimate of drug-likeness (QED) is 0.867. The number of hydrogen-bond acceptors (Lipinski definition) is 3. The van der Waals surface area contributed by atoms with E-state index in [0.29, 0.717) is 0 Å². The van der Waals surface area contributed by atoms with Gasteiger partial charge < -0.3 is 9.64 Å². The van der Waals surface area contributed by atoms with Crippen LogP contribution in [0, 0.1) is 6.92 Å². The first kappa shape index (κ1) is 16.5. The lowest BCUT2D eigenvalue weighted by Crippen LogP contribution is -2.48. The highest BCUT2D eigenvalue weighted by atomic mass is 16.5. The lowest BCUT2D eigenvalue weighted by Gasteiger charge is -2.34. The minimum Gasteiger partial charge on any atom is -0.497 e. The van der Waals surface area contributed by atoms with E-state index < -0.39 is 0 Å². The Bertz CT molecular complexity index is 689. The number of carbonyl (C=O) groups is 1. The third-order valence-corrected chi connectivity index (χ3v) is 4.49. The second-order valence-corrected chi connectivity index (χ2v) is 6.29. The molecule has 0 bridgehead atoms. The average molecular weight is 324 g/mol. The number of piperazine rings is 1. The summed E-state index contributed by atoms with van der Waals surface area (Å²) in [5, 5.41) is 0. The van der Waals surface area contributed by atoms with Crippen molar-refractivity contribution in [3.63, 3.8) is 0 Å². The highest BCUT2D eigenvalue weighted by Gasteiger charge is 2.22. The van der Waals surface area contributed by atoms with Gasteiger partial charge in [-0.1, -0.05) is 29.8 Å². The van der Waals surface area contributed by atoms with Gasteiger partial charge in [0.05, 0.1) is 7.11 Å². The SMILES string of the molecule is COc1ccc(C(=O)N2CCN(Cc3cccc(C)c3)CC2)cc1. The first-order chi connectivity index (χ1) is 11.7. The van der Waals surface area contributed by atoms with Crippen molar-refractivity contribution in [1.29, 1.82) is 0 Å². The second-order valence-electron chi connectivity index (χ2n) is 6.29. The Morgan fingerprint density at radius 2 is 1.75 bits per heavy atom. The highest BCUT2D eigenvalue weighted by Crippen LogP contribution is 2.15. The summed E-state index contributed by atoms with van der Waals surface area (Å²) in [6.07, 6.45) is 0. The Kier molecular flexibility index (Phi) is 5.16. The molecule has 1 fully saturated rings. The van der Waals surface area contributed by atoms with Gasteiger partial charge in [-0.2, -0.15) is 0 Å². The van der Waals surface area contributed by atoms with E-state index in [0.717, 1.165) is 44.0 Å². The van der Waals surface area contributed by atoms with Crippen molar-refractivity contribution >= 4 is 5.91 Å². The van der Waals surface area contributed by atoms with Crippen LogP contribution in [0.3, 0.4) is 0 Å². The Balaban J connectivity index is 1.55. The van der Waals surface area contributed by atoms with E-state index in [1.807, 2.05) is 29.2 Å². The van der Waals surface area contributed by atoms with E-state index in [2.05, 4.69) is 36.1 Å². The van der Waals surface area contributed by atoms with Gasteiger partial charge in [-0.3, -0.25) is 9.69 Å². The largest absolute Gasteiger partial charge is 0.497 e. The average Bonchev–Trinajstić information content (AvgIpc) is 2.62. The van der Waals surface area contributed by atoms with Gasteiger partial charge in [0, 0.05) is 38.3 Å². The molecule has 0 atom stereocenters. The number of aryl methyl sites for hydroxylation is 1. The number of carbonyl (C=O) groups excluding carboxylic acids is 1. The van der Waals surface area contributed by atoms with Crippen LogP contribution >= 0.6 is 0 Å². The molecule has 2 aromatic carbocycles. The number of rotatable bonds is 4. The van der Waals surface area contributed by atoms with Gasteiger partial charge in [-0.05, 0) is 36.8 Å². The fraction of sp³-hybridized carbons (Fsp3) is 0.350. The summed E-state index contributed by atoms with van der Waals surface area (Å²) in [5.74, 6) is 0.877. The smallest absolute Gasteiger partial charge is 0.253 e. The first-order valence-corrected chi connectivity index (χ1v) is 8.37. The molecule has 3 rings (SSSR count). The van der Waals surface area contributed by atoms with Crippen molar-refractivity contribution < 1.29 is 9.53 Å². The van der Waals surface area contributed by atoms with Gasteiger partial charge in [-0.15, -0.1) is 0 Å². The van der Waals surface area contributed by atoms with Crippen molar-refractivity contribution in [1.82, 2.24) is 9.80 Å². The molecule has 0 saturated carbocycles. The molecule has 0 radical (unpaired) electrons. The van der Waals surface area contributed by atoms with E-state index in [-0.39, 0.29) is 5.91 Å². The van der Waals surface area contributed by atoms with E-state index in [4.69, 9.17) is 4.74 Å². The minimum atomic E-state index is 0.104. The van der Waals surface area contributed by atoms with Gasteiger partial charge in [0.25, 0.3) is 5.91 Å². The van der Waals surface area contributed by atoms with Crippen LogP contribution in [0.15, 0.2) is 48.5 Å². The summed E-state index contributed by atoms with van der Waals surface area (Å²) in [6, 6.07) is 16.0. The number of ether oxygens (including phenoxy) is 1. The number of methoxy groups -OCH3 is 1. The Morgan fingerprint density at radius 1 is 1.04 bits per heavy atom. The molecular weight excluding hydrogens is 300 g/mol. The molecule has 1 aliphatic rings. The lowest BCUT2D eigenvalue weighted by molar-refractivity contribution is 0.0628. The van der Waals surface area contributed by atoms with Gasteiger partial charge in [0.2, 0.25) is 0 Å². The third-order valence-electron chi connectivity index (χ3n) is 4.49. The molecule has 0 aliphatic carbocycles. The number of amides is 1. The molecular formula is C20H24N2O2. The Hall–Kier alpha value is -2.33. The van der Waals surface area contributed by atoms with Gasteiger partial charge in [0.1, 0.15) is 5.75 Å². The monoisotopic (exact) mass is 324 g/mol. The van der Waals surface area contributed by atoms with E-state index >= 15 is 0 Å².